The molecule has 2 heterocycles. The van der Waals surface area contributed by atoms with Gasteiger partial charge in [-0.25, -0.2) is 0 Å². The second kappa shape index (κ2) is 10.2. The van der Waals surface area contributed by atoms with Crippen molar-refractivity contribution in [2.75, 3.05) is 11.1 Å². The molecule has 3 aromatic rings. The molecule has 0 radical (unpaired) electrons. The largest absolute Gasteiger partial charge is 0.484 e. The Morgan fingerprint density at radius 3 is 3.06 bits per heavy atom. The highest BCUT2D eigenvalue weighted by molar-refractivity contribution is 7.99. The first kappa shape index (κ1) is 23.6. The van der Waals surface area contributed by atoms with Crippen LogP contribution in [0.2, 0.25) is 5.02 Å². The molecule has 0 saturated heterocycles. The predicted octanol–water partition coefficient (Wildman–Crippen LogP) is 5.14. The lowest BCUT2D eigenvalue weighted by molar-refractivity contribution is -0.113. The highest BCUT2D eigenvalue weighted by atomic mass is 35.5. The van der Waals surface area contributed by atoms with E-state index in [0.717, 1.165) is 30.4 Å². The Hall–Kier alpha value is -2.54. The minimum absolute atomic E-state index is 0.167. The second-order valence-electron chi connectivity index (χ2n) is 8.18. The van der Waals surface area contributed by atoms with E-state index in [1.807, 2.05) is 26.1 Å². The summed E-state index contributed by atoms with van der Waals surface area (Å²) in [7, 11) is 1.83. The number of ether oxygens (including phenoxy) is 1. The van der Waals surface area contributed by atoms with Crippen LogP contribution in [-0.2, 0) is 31.3 Å². The van der Waals surface area contributed by atoms with Gasteiger partial charge in [0, 0.05) is 11.9 Å². The average molecular weight is 502 g/mol. The smallest absolute Gasteiger partial charge is 0.235 e. The molecule has 4 rings (SSSR count). The maximum absolute atomic E-state index is 12.6. The van der Waals surface area contributed by atoms with Gasteiger partial charge in [0.1, 0.15) is 23.4 Å². The Bertz CT molecular complexity index is 1230. The summed E-state index contributed by atoms with van der Waals surface area (Å²) in [4.78, 5) is 13.8. The number of thioether (sulfide) groups is 1. The van der Waals surface area contributed by atoms with Crippen molar-refractivity contribution in [2.24, 2.45) is 13.0 Å². The maximum atomic E-state index is 12.6. The van der Waals surface area contributed by atoms with Gasteiger partial charge in [0.2, 0.25) is 5.91 Å². The van der Waals surface area contributed by atoms with Crippen LogP contribution in [0.5, 0.6) is 5.75 Å². The third-order valence-corrected chi connectivity index (χ3v) is 8.08. The standard InChI is InChI=1S/C23H24ClN5O2S2/c1-13-5-7-17(24)18(8-13)31-11-20-27-28-23(29(20)3)32-12-21(30)26-22-16(10-25)15-6-4-14(2)9-19(15)33-22/h5,7-8,14H,4,6,9,11-12H2,1-3H3,(H,26,30). The number of nitriles is 1. The molecule has 1 atom stereocenters. The quantitative estimate of drug-likeness (QED) is 0.450. The molecule has 0 aliphatic heterocycles. The van der Waals surface area contributed by atoms with E-state index in [-0.39, 0.29) is 18.3 Å². The number of nitrogens with zero attached hydrogens (tertiary/aromatic N) is 4. The summed E-state index contributed by atoms with van der Waals surface area (Å²) in [5.41, 5.74) is 2.78. The summed E-state index contributed by atoms with van der Waals surface area (Å²) in [6, 6.07) is 7.87. The lowest BCUT2D eigenvalue weighted by atomic mass is 9.89. The third kappa shape index (κ3) is 5.35. The van der Waals surface area contributed by atoms with Gasteiger partial charge < -0.3 is 14.6 Å². The number of aryl methyl sites for hydroxylation is 1. The van der Waals surface area contributed by atoms with E-state index in [0.29, 0.717) is 38.2 Å². The van der Waals surface area contributed by atoms with Crippen LogP contribution in [0.15, 0.2) is 23.4 Å². The fourth-order valence-corrected chi connectivity index (χ4v) is 5.99. The first-order valence-corrected chi connectivity index (χ1v) is 12.8. The van der Waals surface area contributed by atoms with E-state index < -0.39 is 0 Å². The van der Waals surface area contributed by atoms with E-state index in [2.05, 4.69) is 28.5 Å². The fourth-order valence-electron chi connectivity index (χ4n) is 3.71. The van der Waals surface area contributed by atoms with Gasteiger partial charge in [0.15, 0.2) is 11.0 Å². The Morgan fingerprint density at radius 1 is 1.45 bits per heavy atom. The van der Waals surface area contributed by atoms with E-state index in [1.165, 1.54) is 28.0 Å². The number of fused-ring (bicyclic) bond motifs is 1. The van der Waals surface area contributed by atoms with Crippen molar-refractivity contribution in [1.82, 2.24) is 14.8 Å². The van der Waals surface area contributed by atoms with Crippen LogP contribution in [0.3, 0.4) is 0 Å². The number of amides is 1. The zero-order valence-corrected chi connectivity index (χ0v) is 21.0. The van der Waals surface area contributed by atoms with Gasteiger partial charge in [0.25, 0.3) is 0 Å². The van der Waals surface area contributed by atoms with E-state index in [9.17, 15) is 10.1 Å². The van der Waals surface area contributed by atoms with Crippen molar-refractivity contribution < 1.29 is 9.53 Å². The normalized spacial score (nSPS) is 15.1. The second-order valence-corrected chi connectivity index (χ2v) is 10.6. The summed E-state index contributed by atoms with van der Waals surface area (Å²) in [5, 5.41) is 22.7. The number of nitrogens with one attached hydrogen (secondary N) is 1. The lowest BCUT2D eigenvalue weighted by Gasteiger charge is -2.17. The number of carbonyl (C=O) groups excluding carboxylic acids is 1. The molecule has 1 aromatic carbocycles. The maximum Gasteiger partial charge on any atom is 0.235 e. The van der Waals surface area contributed by atoms with Crippen molar-refractivity contribution >= 4 is 45.6 Å². The van der Waals surface area contributed by atoms with Gasteiger partial charge in [-0.3, -0.25) is 4.79 Å². The van der Waals surface area contributed by atoms with Crippen LogP contribution in [0, 0.1) is 24.2 Å². The van der Waals surface area contributed by atoms with E-state index in [4.69, 9.17) is 16.3 Å². The van der Waals surface area contributed by atoms with Gasteiger partial charge >= 0.3 is 0 Å². The molecule has 1 aliphatic carbocycles. The van der Waals surface area contributed by atoms with Crippen LogP contribution in [-0.4, -0.2) is 26.4 Å². The fraction of sp³-hybridized carbons (Fsp3) is 0.391. The zero-order chi connectivity index (χ0) is 23.5. The predicted molar refractivity (Wildman–Crippen MR) is 131 cm³/mol. The molecule has 172 valence electrons. The van der Waals surface area contributed by atoms with Crippen molar-refractivity contribution in [2.45, 2.75) is 44.9 Å². The molecule has 1 aliphatic rings. The van der Waals surface area contributed by atoms with Crippen LogP contribution < -0.4 is 10.1 Å². The highest BCUT2D eigenvalue weighted by Gasteiger charge is 2.24. The van der Waals surface area contributed by atoms with Gasteiger partial charge in [-0.05, 0) is 55.4 Å². The number of anilines is 1. The highest BCUT2D eigenvalue weighted by Crippen LogP contribution is 2.39. The number of hydrogen-bond acceptors (Lipinski definition) is 7. The molecule has 33 heavy (non-hydrogen) atoms. The molecule has 7 nitrogen and oxygen atoms in total. The summed E-state index contributed by atoms with van der Waals surface area (Å²) in [6.45, 7) is 4.40. The van der Waals surface area contributed by atoms with Gasteiger partial charge in [0.05, 0.1) is 16.3 Å². The molecule has 0 saturated carbocycles. The monoisotopic (exact) mass is 501 g/mol. The van der Waals surface area contributed by atoms with Gasteiger partial charge in [-0.2, -0.15) is 5.26 Å². The Kier molecular flexibility index (Phi) is 7.27. The van der Waals surface area contributed by atoms with Crippen molar-refractivity contribution in [1.29, 1.82) is 5.26 Å². The molecule has 0 spiro atoms. The van der Waals surface area contributed by atoms with E-state index >= 15 is 0 Å². The first-order chi connectivity index (χ1) is 15.9. The van der Waals surface area contributed by atoms with Crippen molar-refractivity contribution in [3.8, 4) is 11.8 Å². The zero-order valence-electron chi connectivity index (χ0n) is 18.6. The van der Waals surface area contributed by atoms with E-state index in [1.54, 1.807) is 10.6 Å². The van der Waals surface area contributed by atoms with Crippen LogP contribution >= 0.6 is 34.7 Å². The van der Waals surface area contributed by atoms with Gasteiger partial charge in [-0.1, -0.05) is 36.4 Å². The Balaban J connectivity index is 1.35. The van der Waals surface area contributed by atoms with Crippen molar-refractivity contribution in [3.63, 3.8) is 0 Å². The molecular weight excluding hydrogens is 478 g/mol. The Morgan fingerprint density at radius 2 is 2.27 bits per heavy atom. The van der Waals surface area contributed by atoms with Gasteiger partial charge in [-0.15, -0.1) is 21.5 Å². The van der Waals surface area contributed by atoms with Crippen LogP contribution in [0.1, 0.15) is 40.7 Å². The van der Waals surface area contributed by atoms with Crippen molar-refractivity contribution in [3.05, 3.63) is 50.6 Å². The summed E-state index contributed by atoms with van der Waals surface area (Å²) < 4.78 is 7.60. The molecule has 0 bridgehead atoms. The number of hydrogen-bond donors (Lipinski definition) is 1. The first-order valence-electron chi connectivity index (χ1n) is 10.6. The number of thiophene rings is 1. The van der Waals surface area contributed by atoms with Crippen LogP contribution in [0.25, 0.3) is 0 Å². The molecule has 2 aromatic heterocycles. The summed E-state index contributed by atoms with van der Waals surface area (Å²) in [5.74, 6) is 1.82. The molecule has 0 fully saturated rings. The lowest BCUT2D eigenvalue weighted by Crippen LogP contribution is -2.14. The Labute approximate surface area is 206 Å². The number of rotatable bonds is 7. The molecule has 1 amide bonds. The number of carbonyl (C=O) groups is 1. The summed E-state index contributed by atoms with van der Waals surface area (Å²) in [6.07, 6.45) is 2.95. The van der Waals surface area contributed by atoms with Crippen LogP contribution in [0.4, 0.5) is 5.00 Å². The minimum atomic E-state index is -0.171. The summed E-state index contributed by atoms with van der Waals surface area (Å²) >= 11 is 9.00. The number of halogens is 1. The molecular formula is C23H24ClN5O2S2. The third-order valence-electron chi connectivity index (χ3n) is 5.58. The topological polar surface area (TPSA) is 92.8 Å². The number of benzene rings is 1. The molecule has 10 heteroatoms. The number of aromatic nitrogens is 3. The average Bonchev–Trinajstić information content (AvgIpc) is 3.31. The SMILES string of the molecule is Cc1ccc(Cl)c(OCc2nnc(SCC(=O)Nc3sc4c(c3C#N)CCC(C)C4)n2C)c1. The molecule has 1 N–H and O–H groups in total. The minimum Gasteiger partial charge on any atom is -0.484 e. The molecule has 1 unspecified atom stereocenters.